The van der Waals surface area contributed by atoms with E-state index in [4.69, 9.17) is 21.7 Å². The molecule has 0 unspecified atom stereocenters. The Bertz CT molecular complexity index is 1210. The van der Waals surface area contributed by atoms with Gasteiger partial charge in [-0.2, -0.15) is 4.98 Å². The molecule has 0 spiro atoms. The number of halogens is 1. The number of nitrogens with one attached hydrogen (secondary N) is 1. The fourth-order valence-electron chi connectivity index (χ4n) is 4.50. The molecule has 5 nitrogen and oxygen atoms in total. The Morgan fingerprint density at radius 2 is 1.93 bits per heavy atom. The zero-order chi connectivity index (χ0) is 21.0. The van der Waals surface area contributed by atoms with E-state index in [0.717, 1.165) is 34.4 Å². The van der Waals surface area contributed by atoms with E-state index in [-0.39, 0.29) is 17.2 Å². The second-order valence-corrected chi connectivity index (χ2v) is 9.36. The summed E-state index contributed by atoms with van der Waals surface area (Å²) in [5.41, 5.74) is 4.53. The monoisotopic (exact) mass is 418 g/mol. The van der Waals surface area contributed by atoms with Gasteiger partial charge in [-0.15, -0.1) is 5.10 Å². The summed E-state index contributed by atoms with van der Waals surface area (Å²) in [7, 11) is 0. The lowest BCUT2D eigenvalue weighted by molar-refractivity contribution is -0.118. The number of fused-ring (bicyclic) bond motifs is 1. The fraction of sp³-hybridized carbons (Fsp3) is 0.292. The Morgan fingerprint density at radius 3 is 2.70 bits per heavy atom. The first-order chi connectivity index (χ1) is 14.3. The molecule has 1 N–H and O–H groups in total. The van der Waals surface area contributed by atoms with Crippen molar-refractivity contribution in [1.82, 2.24) is 14.8 Å². The van der Waals surface area contributed by atoms with E-state index in [2.05, 4.69) is 25.2 Å². The van der Waals surface area contributed by atoms with Crippen LogP contribution in [0.3, 0.4) is 0 Å². The van der Waals surface area contributed by atoms with Crippen LogP contribution in [0.1, 0.15) is 43.9 Å². The van der Waals surface area contributed by atoms with Crippen LogP contribution in [0.5, 0.6) is 0 Å². The van der Waals surface area contributed by atoms with Crippen LogP contribution in [-0.4, -0.2) is 20.5 Å². The maximum absolute atomic E-state index is 13.3. The predicted octanol–water partition coefficient (Wildman–Crippen LogP) is 5.57. The number of hydrogen-bond acceptors (Lipinski definition) is 4. The minimum Gasteiger partial charge on any atom is -0.328 e. The Kier molecular flexibility index (Phi) is 4.33. The topological polar surface area (TPSA) is 59.8 Å². The lowest BCUT2D eigenvalue weighted by atomic mass is 9.73. The van der Waals surface area contributed by atoms with E-state index in [0.29, 0.717) is 23.2 Å². The van der Waals surface area contributed by atoms with Crippen LogP contribution >= 0.6 is 11.6 Å². The molecule has 1 aromatic heterocycles. The van der Waals surface area contributed by atoms with Gasteiger partial charge in [-0.25, -0.2) is 4.68 Å². The van der Waals surface area contributed by atoms with Crippen molar-refractivity contribution >= 4 is 23.3 Å². The molecule has 0 amide bonds. The van der Waals surface area contributed by atoms with Crippen molar-refractivity contribution in [3.63, 3.8) is 0 Å². The van der Waals surface area contributed by atoms with Crippen LogP contribution in [-0.2, 0) is 4.79 Å². The largest absolute Gasteiger partial charge is 0.328 e. The summed E-state index contributed by atoms with van der Waals surface area (Å²) in [6.45, 7) is 6.29. The zero-order valence-corrected chi connectivity index (χ0v) is 18.0. The maximum Gasteiger partial charge on any atom is 0.226 e. The highest BCUT2D eigenvalue weighted by Gasteiger charge is 2.42. The van der Waals surface area contributed by atoms with Crippen molar-refractivity contribution in [3.8, 4) is 11.4 Å². The number of aryl methyl sites for hydroxylation is 1. The van der Waals surface area contributed by atoms with Crippen LogP contribution in [0.15, 0.2) is 59.8 Å². The summed E-state index contributed by atoms with van der Waals surface area (Å²) in [6, 6.07) is 15.4. The van der Waals surface area contributed by atoms with Crippen molar-refractivity contribution in [3.05, 3.63) is 76.0 Å². The number of carbonyl (C=O) groups excluding carboxylic acids is 1. The van der Waals surface area contributed by atoms with Gasteiger partial charge in [-0.05, 0) is 30.9 Å². The van der Waals surface area contributed by atoms with Crippen molar-refractivity contribution < 1.29 is 4.79 Å². The molecule has 0 bridgehead atoms. The van der Waals surface area contributed by atoms with Gasteiger partial charge < -0.3 is 5.32 Å². The second-order valence-electron chi connectivity index (χ2n) is 8.96. The average Bonchev–Trinajstić information content (AvgIpc) is 3.10. The molecule has 1 atom stereocenters. The summed E-state index contributed by atoms with van der Waals surface area (Å²) < 4.78 is 1.81. The summed E-state index contributed by atoms with van der Waals surface area (Å²) >= 11 is 6.59. The number of anilines is 1. The van der Waals surface area contributed by atoms with E-state index < -0.39 is 0 Å². The summed E-state index contributed by atoms with van der Waals surface area (Å²) in [5.74, 6) is 1.41. The van der Waals surface area contributed by atoms with E-state index >= 15 is 0 Å². The van der Waals surface area contributed by atoms with Crippen LogP contribution in [0.2, 0.25) is 5.02 Å². The Hall–Kier alpha value is -2.92. The Balaban J connectivity index is 1.71. The molecule has 152 valence electrons. The third kappa shape index (κ3) is 3.14. The Morgan fingerprint density at radius 1 is 1.13 bits per heavy atom. The number of hydrogen-bond donors (Lipinski definition) is 1. The minimum atomic E-state index is -0.389. The van der Waals surface area contributed by atoms with Gasteiger partial charge >= 0.3 is 0 Å². The molecule has 6 heteroatoms. The van der Waals surface area contributed by atoms with Crippen LogP contribution in [0.4, 0.5) is 5.95 Å². The summed E-state index contributed by atoms with van der Waals surface area (Å²) in [4.78, 5) is 18.1. The first kappa shape index (κ1) is 19.1. The number of rotatable bonds is 2. The highest BCUT2D eigenvalue weighted by atomic mass is 35.5. The third-order valence-electron chi connectivity index (χ3n) is 5.81. The molecular weight excluding hydrogens is 396 g/mol. The smallest absolute Gasteiger partial charge is 0.226 e. The van der Waals surface area contributed by atoms with Crippen molar-refractivity contribution in [2.24, 2.45) is 5.41 Å². The molecule has 2 heterocycles. The molecule has 3 aromatic rings. The predicted molar refractivity (Wildman–Crippen MR) is 118 cm³/mol. The minimum absolute atomic E-state index is 0.102. The number of benzene rings is 2. The number of carbonyl (C=O) groups is 1. The van der Waals surface area contributed by atoms with Crippen LogP contribution in [0.25, 0.3) is 11.4 Å². The first-order valence-corrected chi connectivity index (χ1v) is 10.5. The molecule has 0 saturated carbocycles. The molecule has 1 aliphatic heterocycles. The quantitative estimate of drug-likeness (QED) is 0.591. The van der Waals surface area contributed by atoms with Gasteiger partial charge in [0.25, 0.3) is 0 Å². The number of aromatic nitrogens is 3. The molecular formula is C24H23ClN4O. The molecule has 2 aromatic carbocycles. The number of Topliss-reactive ketones (excluding diaryl/α,β-unsaturated/α-hetero) is 1. The van der Waals surface area contributed by atoms with E-state index in [1.165, 1.54) is 0 Å². The van der Waals surface area contributed by atoms with Gasteiger partial charge in [-0.1, -0.05) is 67.4 Å². The molecule has 1 aliphatic carbocycles. The highest BCUT2D eigenvalue weighted by Crippen LogP contribution is 2.46. The molecule has 30 heavy (non-hydrogen) atoms. The van der Waals surface area contributed by atoms with Gasteiger partial charge in [0.2, 0.25) is 5.95 Å². The van der Waals surface area contributed by atoms with Crippen molar-refractivity contribution in [2.45, 2.75) is 39.7 Å². The lowest BCUT2D eigenvalue weighted by Crippen LogP contribution is -2.36. The summed E-state index contributed by atoms with van der Waals surface area (Å²) in [6.07, 6.45) is 1.28. The van der Waals surface area contributed by atoms with Gasteiger partial charge in [0.05, 0.1) is 0 Å². The number of nitrogens with zero attached hydrogens (tertiary/aromatic N) is 3. The average molecular weight is 419 g/mol. The summed E-state index contributed by atoms with van der Waals surface area (Å²) in [5, 5.41) is 8.85. The van der Waals surface area contributed by atoms with E-state index in [1.54, 1.807) is 0 Å². The molecule has 0 saturated heterocycles. The lowest BCUT2D eigenvalue weighted by Gasteiger charge is -2.38. The molecule has 5 rings (SSSR count). The van der Waals surface area contributed by atoms with Crippen molar-refractivity contribution in [1.29, 1.82) is 0 Å². The normalized spacial score (nSPS) is 19.9. The van der Waals surface area contributed by atoms with Crippen LogP contribution < -0.4 is 5.32 Å². The maximum atomic E-state index is 13.3. The zero-order valence-electron chi connectivity index (χ0n) is 17.2. The molecule has 0 radical (unpaired) electrons. The number of ketones is 1. The van der Waals surface area contributed by atoms with Crippen molar-refractivity contribution in [2.75, 3.05) is 5.32 Å². The first-order valence-electron chi connectivity index (χ1n) is 10.1. The van der Waals surface area contributed by atoms with E-state index in [1.807, 2.05) is 54.1 Å². The fourth-order valence-corrected chi connectivity index (χ4v) is 4.74. The molecule has 0 fully saturated rings. The van der Waals surface area contributed by atoms with Gasteiger partial charge in [0.15, 0.2) is 11.6 Å². The van der Waals surface area contributed by atoms with Gasteiger partial charge in [-0.3, -0.25) is 4.79 Å². The Labute approximate surface area is 180 Å². The second kappa shape index (κ2) is 6.81. The van der Waals surface area contributed by atoms with E-state index in [9.17, 15) is 4.79 Å². The van der Waals surface area contributed by atoms with Crippen LogP contribution in [0, 0.1) is 12.3 Å². The highest BCUT2D eigenvalue weighted by molar-refractivity contribution is 6.31. The molecule has 2 aliphatic rings. The van der Waals surface area contributed by atoms with Gasteiger partial charge in [0.1, 0.15) is 6.04 Å². The standard InChI is InChI=1S/C24H23ClN4O/c1-14-7-6-8-15(11-14)22-27-23-26-18-12-24(2,3)13-19(30)20(18)21(29(23)28-22)16-9-4-5-10-17(16)25/h4-11,21H,12-13H2,1-3H3,(H,26,27,28)/t21-/m1/s1. The third-order valence-corrected chi connectivity index (χ3v) is 6.15. The van der Waals surface area contributed by atoms with Gasteiger partial charge in [0, 0.05) is 33.8 Å². The SMILES string of the molecule is Cc1cccc(-c2nc3n(n2)[C@H](c2ccccc2Cl)C2=C(CC(C)(C)CC2=O)N3)c1. The number of allylic oxidation sites excluding steroid dienone is 2.